The van der Waals surface area contributed by atoms with E-state index in [2.05, 4.69) is 26.9 Å². The Hall–Kier alpha value is -1.70. The first-order valence-corrected chi connectivity index (χ1v) is 10.4. The van der Waals surface area contributed by atoms with Crippen molar-refractivity contribution in [1.82, 2.24) is 20.0 Å². The van der Waals surface area contributed by atoms with Gasteiger partial charge in [0.1, 0.15) is 5.82 Å². The van der Waals surface area contributed by atoms with Gasteiger partial charge in [-0.2, -0.15) is 0 Å². The van der Waals surface area contributed by atoms with Crippen LogP contribution >= 0.6 is 0 Å². The van der Waals surface area contributed by atoms with Gasteiger partial charge in [-0.15, -0.1) is 0 Å². The number of halogens is 1. The van der Waals surface area contributed by atoms with Crippen molar-refractivity contribution < 1.29 is 9.13 Å². The Balaban J connectivity index is 1.66. The molecule has 3 rings (SSSR count). The number of likely N-dealkylation sites (N-methyl/N-ethyl adjacent to an activating group) is 1. The summed E-state index contributed by atoms with van der Waals surface area (Å²) in [4.78, 5) is 12.0. The van der Waals surface area contributed by atoms with Gasteiger partial charge >= 0.3 is 0 Å². The largest absolute Gasteiger partial charge is 0.379 e. The van der Waals surface area contributed by atoms with E-state index in [1.54, 1.807) is 0 Å². The number of morpholine rings is 1. The molecule has 0 aliphatic carbocycles. The second kappa shape index (κ2) is 10.2. The molecule has 0 aromatic heterocycles. The molecule has 2 atom stereocenters. The van der Waals surface area contributed by atoms with Crippen LogP contribution in [0, 0.1) is 5.82 Å². The van der Waals surface area contributed by atoms with Crippen LogP contribution in [-0.4, -0.2) is 93.3 Å². The number of guanidine groups is 1. The highest BCUT2D eigenvalue weighted by atomic mass is 19.1. The molecular weight excluding hydrogens is 357 g/mol. The predicted molar refractivity (Wildman–Crippen MR) is 111 cm³/mol. The van der Waals surface area contributed by atoms with E-state index in [1.807, 2.05) is 26.2 Å². The lowest BCUT2D eigenvalue weighted by molar-refractivity contribution is 0.0195. The van der Waals surface area contributed by atoms with Crippen molar-refractivity contribution in [2.75, 3.05) is 66.6 Å². The minimum atomic E-state index is -0.204. The molecule has 7 heteroatoms. The molecule has 156 valence electrons. The Bertz CT molecular complexity index is 630. The van der Waals surface area contributed by atoms with Crippen LogP contribution in [0.3, 0.4) is 0 Å². The molecule has 0 spiro atoms. The summed E-state index contributed by atoms with van der Waals surface area (Å²) in [6.07, 6.45) is 1.17. The molecule has 2 aliphatic rings. The molecule has 0 bridgehead atoms. The van der Waals surface area contributed by atoms with Crippen LogP contribution in [0.5, 0.6) is 0 Å². The number of benzene rings is 1. The Morgan fingerprint density at radius 3 is 2.61 bits per heavy atom. The fraction of sp³-hybridized carbons (Fsp3) is 0.667. The number of likely N-dealkylation sites (tertiary alicyclic amines) is 1. The maximum absolute atomic E-state index is 13.3. The Labute approximate surface area is 168 Å². The molecule has 1 aromatic carbocycles. The normalized spacial score (nSPS) is 22.7. The van der Waals surface area contributed by atoms with Gasteiger partial charge in [-0.3, -0.25) is 9.89 Å². The average molecular weight is 392 g/mol. The molecule has 0 amide bonds. The van der Waals surface area contributed by atoms with E-state index < -0.39 is 0 Å². The molecule has 1 aromatic rings. The van der Waals surface area contributed by atoms with Crippen LogP contribution in [-0.2, 0) is 4.74 Å². The van der Waals surface area contributed by atoms with E-state index >= 15 is 0 Å². The summed E-state index contributed by atoms with van der Waals surface area (Å²) in [7, 11) is 4.08. The minimum absolute atomic E-state index is 0.117. The van der Waals surface area contributed by atoms with Gasteiger partial charge in [0, 0.05) is 38.8 Å². The van der Waals surface area contributed by atoms with Gasteiger partial charge in [0.15, 0.2) is 5.96 Å². The van der Waals surface area contributed by atoms with Gasteiger partial charge in [-0.1, -0.05) is 12.1 Å². The third-order valence-electron chi connectivity index (χ3n) is 5.65. The highest BCUT2D eigenvalue weighted by Gasteiger charge is 2.30. The molecule has 2 heterocycles. The quantitative estimate of drug-likeness (QED) is 0.592. The molecule has 0 radical (unpaired) electrons. The average Bonchev–Trinajstić information content (AvgIpc) is 3.19. The fourth-order valence-corrected chi connectivity index (χ4v) is 4.03. The van der Waals surface area contributed by atoms with Crippen molar-refractivity contribution in [3.05, 3.63) is 35.6 Å². The number of hydrogen-bond acceptors (Lipinski definition) is 4. The van der Waals surface area contributed by atoms with E-state index in [0.29, 0.717) is 12.6 Å². The zero-order chi connectivity index (χ0) is 19.9. The third-order valence-corrected chi connectivity index (χ3v) is 5.65. The minimum Gasteiger partial charge on any atom is -0.379 e. The van der Waals surface area contributed by atoms with E-state index in [1.165, 1.54) is 18.6 Å². The molecule has 2 aliphatic heterocycles. The van der Waals surface area contributed by atoms with Crippen molar-refractivity contribution in [2.45, 2.75) is 25.4 Å². The van der Waals surface area contributed by atoms with Crippen LogP contribution in [0.15, 0.2) is 29.3 Å². The number of rotatable bonds is 6. The summed E-state index contributed by atoms with van der Waals surface area (Å²) < 4.78 is 18.8. The van der Waals surface area contributed by atoms with Gasteiger partial charge in [0.2, 0.25) is 0 Å². The highest BCUT2D eigenvalue weighted by molar-refractivity contribution is 5.80. The summed E-state index contributed by atoms with van der Waals surface area (Å²) in [5, 5.41) is 3.46. The first-order chi connectivity index (χ1) is 13.6. The lowest BCUT2D eigenvalue weighted by Crippen LogP contribution is -2.46. The molecular formula is C21H34FN5O. The van der Waals surface area contributed by atoms with Crippen molar-refractivity contribution in [1.29, 1.82) is 0 Å². The second-order valence-electron chi connectivity index (χ2n) is 7.76. The van der Waals surface area contributed by atoms with Gasteiger partial charge in [-0.25, -0.2) is 4.39 Å². The van der Waals surface area contributed by atoms with Gasteiger partial charge < -0.3 is 19.9 Å². The summed E-state index contributed by atoms with van der Waals surface area (Å²) in [5.74, 6) is 0.775. The van der Waals surface area contributed by atoms with Crippen molar-refractivity contribution in [3.63, 3.8) is 0 Å². The lowest BCUT2D eigenvalue weighted by atomic mass is 10.1. The van der Waals surface area contributed by atoms with Gasteiger partial charge in [0.25, 0.3) is 0 Å². The molecule has 0 saturated carbocycles. The van der Waals surface area contributed by atoms with Crippen LogP contribution in [0.2, 0.25) is 0 Å². The van der Waals surface area contributed by atoms with Gasteiger partial charge in [0.05, 0.1) is 25.8 Å². The Kier molecular flexibility index (Phi) is 7.65. The molecule has 2 unspecified atom stereocenters. The van der Waals surface area contributed by atoms with Crippen LogP contribution in [0.4, 0.5) is 4.39 Å². The summed E-state index contributed by atoms with van der Waals surface area (Å²) in [6, 6.07) is 7.45. The number of aliphatic imine (C=N–C) groups is 1. The van der Waals surface area contributed by atoms with Crippen LogP contribution in [0.1, 0.15) is 24.9 Å². The molecule has 2 fully saturated rings. The molecule has 6 nitrogen and oxygen atoms in total. The summed E-state index contributed by atoms with van der Waals surface area (Å²) in [6.45, 7) is 9.36. The number of nitrogens with one attached hydrogen (secondary N) is 1. The van der Waals surface area contributed by atoms with E-state index in [9.17, 15) is 4.39 Å². The number of hydrogen-bond donors (Lipinski definition) is 1. The first-order valence-electron chi connectivity index (χ1n) is 10.4. The smallest absolute Gasteiger partial charge is 0.194 e. The standard InChI is InChI=1S/C21H34FN5O/c1-4-23-21(27-10-9-19(16-27)26-11-13-28-14-12-26)24-15-20(25(2)3)17-5-7-18(22)8-6-17/h5-8,19-20H,4,9-16H2,1-3H3,(H,23,24). The molecule has 1 N–H and O–H groups in total. The SMILES string of the molecule is CCNC(=NCC(c1ccc(F)cc1)N(C)C)N1CCC(N2CCOCC2)C1. The van der Waals surface area contributed by atoms with Crippen LogP contribution < -0.4 is 5.32 Å². The third kappa shape index (κ3) is 5.43. The topological polar surface area (TPSA) is 43.3 Å². The van der Waals surface area contributed by atoms with Crippen molar-refractivity contribution >= 4 is 5.96 Å². The fourth-order valence-electron chi connectivity index (χ4n) is 4.03. The van der Waals surface area contributed by atoms with Crippen molar-refractivity contribution in [3.8, 4) is 0 Å². The Morgan fingerprint density at radius 1 is 1.25 bits per heavy atom. The van der Waals surface area contributed by atoms with E-state index in [4.69, 9.17) is 9.73 Å². The summed E-state index contributed by atoms with van der Waals surface area (Å²) in [5.41, 5.74) is 1.08. The first kappa shape index (κ1) is 21.0. The molecule has 28 heavy (non-hydrogen) atoms. The Morgan fingerprint density at radius 2 is 1.96 bits per heavy atom. The molecule has 2 saturated heterocycles. The zero-order valence-corrected chi connectivity index (χ0v) is 17.4. The van der Waals surface area contributed by atoms with Gasteiger partial charge in [-0.05, 0) is 45.1 Å². The van der Waals surface area contributed by atoms with Crippen LogP contribution in [0.25, 0.3) is 0 Å². The van der Waals surface area contributed by atoms with E-state index in [-0.39, 0.29) is 11.9 Å². The number of nitrogens with zero attached hydrogens (tertiary/aromatic N) is 4. The highest BCUT2D eigenvalue weighted by Crippen LogP contribution is 2.20. The number of ether oxygens (including phenoxy) is 1. The van der Waals surface area contributed by atoms with E-state index in [0.717, 1.165) is 57.5 Å². The zero-order valence-electron chi connectivity index (χ0n) is 17.4. The predicted octanol–water partition coefficient (Wildman–Crippen LogP) is 1.80. The summed E-state index contributed by atoms with van der Waals surface area (Å²) >= 11 is 0. The second-order valence-corrected chi connectivity index (χ2v) is 7.76. The maximum Gasteiger partial charge on any atom is 0.194 e. The maximum atomic E-state index is 13.3. The monoisotopic (exact) mass is 391 g/mol. The van der Waals surface area contributed by atoms with Crippen molar-refractivity contribution in [2.24, 2.45) is 4.99 Å². The lowest BCUT2D eigenvalue weighted by Gasteiger charge is -2.32.